The Balaban J connectivity index is 1.46. The number of carbonyl (C=O) groups is 1. The van der Waals surface area contributed by atoms with E-state index in [4.69, 9.17) is 0 Å². The molecular weight excluding hydrogens is 390 g/mol. The summed E-state index contributed by atoms with van der Waals surface area (Å²) >= 11 is 1.84. The van der Waals surface area contributed by atoms with Crippen molar-refractivity contribution in [1.29, 1.82) is 0 Å². The van der Waals surface area contributed by atoms with Crippen LogP contribution in [0.25, 0.3) is 0 Å². The number of hydrogen-bond donors (Lipinski definition) is 1. The van der Waals surface area contributed by atoms with E-state index in [9.17, 15) is 4.79 Å². The summed E-state index contributed by atoms with van der Waals surface area (Å²) in [5, 5.41) is 5.31. The third kappa shape index (κ3) is 4.58. The summed E-state index contributed by atoms with van der Waals surface area (Å²) in [7, 11) is 0. The van der Waals surface area contributed by atoms with Gasteiger partial charge in [0.25, 0.3) is 5.91 Å². The Morgan fingerprint density at radius 3 is 2.60 bits per heavy atom. The van der Waals surface area contributed by atoms with Crippen LogP contribution in [0.2, 0.25) is 0 Å². The molecule has 1 amide bonds. The Hall–Kier alpha value is -2.63. The van der Waals surface area contributed by atoms with Gasteiger partial charge in [0.15, 0.2) is 0 Å². The molecule has 1 aliphatic rings. The number of thiophene rings is 1. The Morgan fingerprint density at radius 1 is 1.07 bits per heavy atom. The van der Waals surface area contributed by atoms with Gasteiger partial charge in [-0.25, -0.2) is 0 Å². The van der Waals surface area contributed by atoms with Crippen molar-refractivity contribution in [2.24, 2.45) is 0 Å². The molecule has 0 aliphatic carbocycles. The van der Waals surface area contributed by atoms with Crippen LogP contribution < -0.4 is 10.2 Å². The first kappa shape index (κ1) is 20.6. The van der Waals surface area contributed by atoms with E-state index in [1.165, 1.54) is 16.0 Å². The third-order valence-electron chi connectivity index (χ3n) is 5.82. The second kappa shape index (κ2) is 9.45. The first-order valence-corrected chi connectivity index (χ1v) is 11.6. The minimum absolute atomic E-state index is 0.0647. The molecule has 0 atom stereocenters. The van der Waals surface area contributed by atoms with Gasteiger partial charge in [0.1, 0.15) is 0 Å². The molecular formula is C25H29N3OS. The Labute approximate surface area is 183 Å². The fourth-order valence-electron chi connectivity index (χ4n) is 3.97. The highest BCUT2D eigenvalue weighted by Gasteiger charge is 2.20. The van der Waals surface area contributed by atoms with Crippen LogP contribution in [0.4, 0.5) is 11.4 Å². The van der Waals surface area contributed by atoms with E-state index >= 15 is 0 Å². The normalized spacial score (nSPS) is 13.4. The second-order valence-corrected chi connectivity index (χ2v) is 8.67. The van der Waals surface area contributed by atoms with E-state index < -0.39 is 0 Å². The van der Waals surface area contributed by atoms with Crippen LogP contribution in [0.1, 0.15) is 40.2 Å². The molecule has 2 heterocycles. The molecule has 0 spiro atoms. The SMILES string of the molecule is CCN(CC)Cc1ccc(C(=O)Nc2ccccc2N2CCc3sccc3C2)cc1. The lowest BCUT2D eigenvalue weighted by Gasteiger charge is -2.30. The lowest BCUT2D eigenvalue weighted by molar-refractivity contribution is 0.102. The van der Waals surface area contributed by atoms with Crippen molar-refractivity contribution >= 4 is 28.6 Å². The molecule has 4 rings (SSSR count). The summed E-state index contributed by atoms with van der Waals surface area (Å²) < 4.78 is 0. The zero-order chi connectivity index (χ0) is 20.9. The van der Waals surface area contributed by atoms with Crippen molar-refractivity contribution in [2.75, 3.05) is 29.9 Å². The third-order valence-corrected chi connectivity index (χ3v) is 6.84. The predicted octanol–water partition coefficient (Wildman–Crippen LogP) is 5.40. The number of nitrogens with zero attached hydrogens (tertiary/aromatic N) is 2. The van der Waals surface area contributed by atoms with E-state index in [0.717, 1.165) is 50.5 Å². The fraction of sp³-hybridized carbons (Fsp3) is 0.320. The molecule has 2 aromatic carbocycles. The highest BCUT2D eigenvalue weighted by Crippen LogP contribution is 2.32. The number of hydrogen-bond acceptors (Lipinski definition) is 4. The van der Waals surface area contributed by atoms with Crippen molar-refractivity contribution in [3.8, 4) is 0 Å². The van der Waals surface area contributed by atoms with Gasteiger partial charge in [-0.15, -0.1) is 11.3 Å². The maximum atomic E-state index is 12.9. The maximum Gasteiger partial charge on any atom is 0.255 e. The zero-order valence-corrected chi connectivity index (χ0v) is 18.5. The van der Waals surface area contributed by atoms with E-state index in [-0.39, 0.29) is 5.91 Å². The summed E-state index contributed by atoms with van der Waals surface area (Å²) in [6, 6.07) is 18.3. The molecule has 4 nitrogen and oxygen atoms in total. The zero-order valence-electron chi connectivity index (χ0n) is 17.7. The highest BCUT2D eigenvalue weighted by atomic mass is 32.1. The molecule has 0 saturated heterocycles. The van der Waals surface area contributed by atoms with Gasteiger partial charge in [0, 0.05) is 30.1 Å². The molecule has 5 heteroatoms. The van der Waals surface area contributed by atoms with E-state index in [2.05, 4.69) is 58.6 Å². The van der Waals surface area contributed by atoms with Crippen LogP contribution >= 0.6 is 11.3 Å². The van der Waals surface area contributed by atoms with E-state index in [1.54, 1.807) is 0 Å². The lowest BCUT2D eigenvalue weighted by atomic mass is 10.1. The number of fused-ring (bicyclic) bond motifs is 1. The number of rotatable bonds is 7. The van der Waals surface area contributed by atoms with Gasteiger partial charge in [-0.1, -0.05) is 38.1 Å². The summed E-state index contributed by atoms with van der Waals surface area (Å²) in [5.41, 5.74) is 5.27. The van der Waals surface area contributed by atoms with Gasteiger partial charge < -0.3 is 10.2 Å². The second-order valence-electron chi connectivity index (χ2n) is 7.67. The molecule has 0 fully saturated rings. The molecule has 0 bridgehead atoms. The summed E-state index contributed by atoms with van der Waals surface area (Å²) in [6.07, 6.45) is 1.06. The predicted molar refractivity (Wildman–Crippen MR) is 127 cm³/mol. The largest absolute Gasteiger partial charge is 0.365 e. The van der Waals surface area contributed by atoms with Crippen LogP contribution in [-0.4, -0.2) is 30.4 Å². The molecule has 0 saturated carbocycles. The van der Waals surface area contributed by atoms with Gasteiger partial charge in [-0.3, -0.25) is 9.69 Å². The first-order valence-electron chi connectivity index (χ1n) is 10.7. The number of benzene rings is 2. The van der Waals surface area contributed by atoms with Crippen LogP contribution in [0, 0.1) is 0 Å². The molecule has 3 aromatic rings. The Kier molecular flexibility index (Phi) is 6.50. The van der Waals surface area contributed by atoms with Crippen LogP contribution in [0.5, 0.6) is 0 Å². The number of nitrogens with one attached hydrogen (secondary N) is 1. The smallest absolute Gasteiger partial charge is 0.255 e. The summed E-state index contributed by atoms with van der Waals surface area (Å²) in [4.78, 5) is 19.1. The molecule has 1 aromatic heterocycles. The Morgan fingerprint density at radius 2 is 1.83 bits per heavy atom. The van der Waals surface area contributed by atoms with E-state index in [0.29, 0.717) is 5.56 Å². The van der Waals surface area contributed by atoms with Crippen molar-refractivity contribution in [1.82, 2.24) is 4.90 Å². The first-order chi connectivity index (χ1) is 14.7. The van der Waals surface area contributed by atoms with Crippen LogP contribution in [-0.2, 0) is 19.5 Å². The molecule has 1 aliphatic heterocycles. The van der Waals surface area contributed by atoms with Crippen molar-refractivity contribution < 1.29 is 4.79 Å². The number of para-hydroxylation sites is 2. The minimum atomic E-state index is -0.0647. The van der Waals surface area contributed by atoms with Crippen molar-refractivity contribution in [3.05, 3.63) is 81.5 Å². The summed E-state index contributed by atoms with van der Waals surface area (Å²) in [5.74, 6) is -0.0647. The van der Waals surface area contributed by atoms with Crippen LogP contribution in [0.3, 0.4) is 0 Å². The Bertz CT molecular complexity index is 992. The van der Waals surface area contributed by atoms with E-state index in [1.807, 2.05) is 41.7 Å². The topological polar surface area (TPSA) is 35.6 Å². The minimum Gasteiger partial charge on any atom is -0.365 e. The van der Waals surface area contributed by atoms with Gasteiger partial charge in [0.05, 0.1) is 11.4 Å². The maximum absolute atomic E-state index is 12.9. The molecule has 0 unspecified atom stereocenters. The van der Waals surface area contributed by atoms with Crippen LogP contribution in [0.15, 0.2) is 60.0 Å². The summed E-state index contributed by atoms with van der Waals surface area (Å²) in [6.45, 7) is 9.18. The number of anilines is 2. The molecule has 156 valence electrons. The molecule has 0 radical (unpaired) electrons. The molecule has 1 N–H and O–H groups in total. The fourth-order valence-corrected chi connectivity index (χ4v) is 4.86. The van der Waals surface area contributed by atoms with Gasteiger partial charge in [-0.05, 0) is 66.3 Å². The standard InChI is InChI=1S/C25H29N3OS/c1-3-27(4-2)17-19-9-11-20(12-10-19)25(29)26-22-7-5-6-8-23(22)28-15-13-24-21(18-28)14-16-30-24/h5-12,14,16H,3-4,13,15,17-18H2,1-2H3,(H,26,29). The number of amides is 1. The highest BCUT2D eigenvalue weighted by molar-refractivity contribution is 7.10. The van der Waals surface area contributed by atoms with Crippen molar-refractivity contribution in [3.63, 3.8) is 0 Å². The van der Waals surface area contributed by atoms with Gasteiger partial charge >= 0.3 is 0 Å². The average molecular weight is 420 g/mol. The number of carbonyl (C=O) groups excluding carboxylic acids is 1. The molecule has 30 heavy (non-hydrogen) atoms. The quantitative estimate of drug-likeness (QED) is 0.557. The van der Waals surface area contributed by atoms with Gasteiger partial charge in [0.2, 0.25) is 0 Å². The van der Waals surface area contributed by atoms with Crippen molar-refractivity contribution in [2.45, 2.75) is 33.4 Å². The monoisotopic (exact) mass is 419 g/mol. The lowest BCUT2D eigenvalue weighted by Crippen LogP contribution is -2.30. The van der Waals surface area contributed by atoms with Gasteiger partial charge in [-0.2, -0.15) is 0 Å². The average Bonchev–Trinajstić information content (AvgIpc) is 3.26.